The van der Waals surface area contributed by atoms with E-state index in [-0.39, 0.29) is 12.1 Å². The number of urea groups is 1. The normalized spacial score (nSPS) is 11.6. The van der Waals surface area contributed by atoms with Gasteiger partial charge >= 0.3 is 6.03 Å². The predicted molar refractivity (Wildman–Crippen MR) is 111 cm³/mol. The van der Waals surface area contributed by atoms with Gasteiger partial charge in [0.1, 0.15) is 17.3 Å². The SMILES string of the molecule is COc1ccc(C(C)NC(=O)N(Cc2ccccc2)Cc2ccco2)c(OC)c1. The van der Waals surface area contributed by atoms with Crippen molar-refractivity contribution in [1.29, 1.82) is 0 Å². The molecule has 3 rings (SSSR count). The van der Waals surface area contributed by atoms with Crippen molar-refractivity contribution in [2.24, 2.45) is 0 Å². The van der Waals surface area contributed by atoms with Gasteiger partial charge in [0.2, 0.25) is 0 Å². The average molecular weight is 394 g/mol. The lowest BCUT2D eigenvalue weighted by Crippen LogP contribution is -2.40. The number of carbonyl (C=O) groups is 1. The van der Waals surface area contributed by atoms with Crippen LogP contribution in [-0.2, 0) is 13.1 Å². The Morgan fingerprint density at radius 2 is 1.83 bits per heavy atom. The summed E-state index contributed by atoms with van der Waals surface area (Å²) in [5.74, 6) is 2.09. The second kappa shape index (κ2) is 9.68. The number of methoxy groups -OCH3 is 2. The number of amides is 2. The van der Waals surface area contributed by atoms with E-state index >= 15 is 0 Å². The van der Waals surface area contributed by atoms with Crippen LogP contribution in [0.4, 0.5) is 4.79 Å². The maximum Gasteiger partial charge on any atom is 0.318 e. The largest absolute Gasteiger partial charge is 0.497 e. The fourth-order valence-corrected chi connectivity index (χ4v) is 3.12. The first-order valence-corrected chi connectivity index (χ1v) is 9.44. The van der Waals surface area contributed by atoms with Crippen molar-refractivity contribution >= 4 is 6.03 Å². The van der Waals surface area contributed by atoms with E-state index in [0.717, 1.165) is 16.9 Å². The molecule has 1 heterocycles. The molecule has 0 spiro atoms. The smallest absolute Gasteiger partial charge is 0.318 e. The highest BCUT2D eigenvalue weighted by Gasteiger charge is 2.20. The molecule has 1 N–H and O–H groups in total. The monoisotopic (exact) mass is 394 g/mol. The summed E-state index contributed by atoms with van der Waals surface area (Å²) in [6.07, 6.45) is 1.61. The van der Waals surface area contributed by atoms with Crippen LogP contribution in [0.1, 0.15) is 29.9 Å². The molecule has 3 aromatic rings. The minimum absolute atomic E-state index is 0.185. The van der Waals surface area contributed by atoms with Crippen molar-refractivity contribution in [3.63, 3.8) is 0 Å². The van der Waals surface area contributed by atoms with Crippen LogP contribution in [0.5, 0.6) is 11.5 Å². The topological polar surface area (TPSA) is 63.9 Å². The first-order valence-electron chi connectivity index (χ1n) is 9.44. The predicted octanol–water partition coefficient (Wildman–Crippen LogP) is 4.77. The number of carbonyl (C=O) groups excluding carboxylic acids is 1. The van der Waals surface area contributed by atoms with Crippen LogP contribution < -0.4 is 14.8 Å². The lowest BCUT2D eigenvalue weighted by atomic mass is 10.1. The zero-order valence-corrected chi connectivity index (χ0v) is 16.9. The summed E-state index contributed by atoms with van der Waals surface area (Å²) in [7, 11) is 3.21. The Labute approximate surface area is 171 Å². The van der Waals surface area contributed by atoms with Gasteiger partial charge in [-0.3, -0.25) is 0 Å². The van der Waals surface area contributed by atoms with Gasteiger partial charge in [-0.15, -0.1) is 0 Å². The van der Waals surface area contributed by atoms with Crippen LogP contribution in [0.2, 0.25) is 0 Å². The molecule has 152 valence electrons. The molecule has 0 fully saturated rings. The Hall–Kier alpha value is -3.41. The Kier molecular flexibility index (Phi) is 6.79. The van der Waals surface area contributed by atoms with Crippen LogP contribution in [0.3, 0.4) is 0 Å². The lowest BCUT2D eigenvalue weighted by molar-refractivity contribution is 0.184. The maximum atomic E-state index is 13.1. The van der Waals surface area contributed by atoms with E-state index in [1.165, 1.54) is 0 Å². The van der Waals surface area contributed by atoms with Gasteiger partial charge in [-0.1, -0.05) is 30.3 Å². The van der Waals surface area contributed by atoms with E-state index < -0.39 is 0 Å². The van der Waals surface area contributed by atoms with Crippen LogP contribution in [-0.4, -0.2) is 25.2 Å². The molecule has 1 aromatic heterocycles. The van der Waals surface area contributed by atoms with Crippen molar-refractivity contribution < 1.29 is 18.7 Å². The van der Waals surface area contributed by atoms with Gasteiger partial charge in [0, 0.05) is 18.2 Å². The molecule has 0 bridgehead atoms. The van der Waals surface area contributed by atoms with E-state index in [2.05, 4.69) is 5.32 Å². The Morgan fingerprint density at radius 1 is 1.03 bits per heavy atom. The molecule has 0 radical (unpaired) electrons. The number of nitrogens with one attached hydrogen (secondary N) is 1. The van der Waals surface area contributed by atoms with Gasteiger partial charge in [-0.2, -0.15) is 0 Å². The van der Waals surface area contributed by atoms with Gasteiger partial charge < -0.3 is 24.1 Å². The summed E-state index contributed by atoms with van der Waals surface area (Å²) < 4.78 is 16.2. The fourth-order valence-electron chi connectivity index (χ4n) is 3.12. The van der Waals surface area contributed by atoms with E-state index in [1.54, 1.807) is 25.4 Å². The van der Waals surface area contributed by atoms with E-state index in [0.29, 0.717) is 24.6 Å². The zero-order chi connectivity index (χ0) is 20.6. The van der Waals surface area contributed by atoms with Gasteiger partial charge in [0.25, 0.3) is 0 Å². The molecular formula is C23H26N2O4. The zero-order valence-electron chi connectivity index (χ0n) is 16.9. The number of furan rings is 1. The Bertz CT molecular complexity index is 910. The van der Waals surface area contributed by atoms with Crippen molar-refractivity contribution in [1.82, 2.24) is 10.2 Å². The van der Waals surface area contributed by atoms with E-state index in [1.807, 2.05) is 67.6 Å². The van der Waals surface area contributed by atoms with Crippen LogP contribution in [0.15, 0.2) is 71.3 Å². The van der Waals surface area contributed by atoms with Crippen molar-refractivity contribution in [3.05, 3.63) is 83.8 Å². The molecule has 0 aliphatic rings. The molecule has 2 aromatic carbocycles. The molecule has 0 saturated heterocycles. The Morgan fingerprint density at radius 3 is 2.48 bits per heavy atom. The minimum Gasteiger partial charge on any atom is -0.497 e. The second-order valence-corrected chi connectivity index (χ2v) is 6.70. The molecule has 2 amide bonds. The summed E-state index contributed by atoms with van der Waals surface area (Å²) in [5, 5.41) is 3.07. The van der Waals surface area contributed by atoms with Crippen LogP contribution in [0.25, 0.3) is 0 Å². The highest BCUT2D eigenvalue weighted by Crippen LogP contribution is 2.29. The molecular weight excluding hydrogens is 368 g/mol. The van der Waals surface area contributed by atoms with Gasteiger partial charge in [-0.05, 0) is 36.8 Å². The summed E-state index contributed by atoms with van der Waals surface area (Å²) in [4.78, 5) is 14.8. The van der Waals surface area contributed by atoms with Crippen LogP contribution >= 0.6 is 0 Å². The summed E-state index contributed by atoms with van der Waals surface area (Å²) in [6, 6.07) is 18.7. The standard InChI is InChI=1S/C23H26N2O4/c1-17(21-12-11-19(27-2)14-22(21)28-3)24-23(26)25(16-20-10-7-13-29-20)15-18-8-5-4-6-9-18/h4-14,17H,15-16H2,1-3H3,(H,24,26). The number of benzene rings is 2. The molecule has 0 aliphatic heterocycles. The molecule has 0 aliphatic carbocycles. The quantitative estimate of drug-likeness (QED) is 0.598. The van der Waals surface area contributed by atoms with E-state index in [4.69, 9.17) is 13.9 Å². The maximum absolute atomic E-state index is 13.1. The Balaban J connectivity index is 1.76. The highest BCUT2D eigenvalue weighted by atomic mass is 16.5. The number of nitrogens with zero attached hydrogens (tertiary/aromatic N) is 1. The summed E-state index contributed by atoms with van der Waals surface area (Å²) in [6.45, 7) is 2.77. The number of hydrogen-bond acceptors (Lipinski definition) is 4. The molecule has 0 saturated carbocycles. The molecule has 6 heteroatoms. The first kappa shape index (κ1) is 20.3. The van der Waals surface area contributed by atoms with Gasteiger partial charge in [-0.25, -0.2) is 4.79 Å². The molecule has 1 atom stereocenters. The lowest BCUT2D eigenvalue weighted by Gasteiger charge is -2.25. The number of rotatable bonds is 8. The second-order valence-electron chi connectivity index (χ2n) is 6.70. The summed E-state index contributed by atoms with van der Waals surface area (Å²) >= 11 is 0. The molecule has 6 nitrogen and oxygen atoms in total. The molecule has 29 heavy (non-hydrogen) atoms. The fraction of sp³-hybridized carbons (Fsp3) is 0.261. The number of hydrogen-bond donors (Lipinski definition) is 1. The first-order chi connectivity index (χ1) is 14.1. The van der Waals surface area contributed by atoms with Crippen molar-refractivity contribution in [3.8, 4) is 11.5 Å². The number of ether oxygens (including phenoxy) is 2. The third-order valence-corrected chi connectivity index (χ3v) is 4.68. The molecule has 1 unspecified atom stereocenters. The van der Waals surface area contributed by atoms with Gasteiger partial charge in [0.05, 0.1) is 33.1 Å². The van der Waals surface area contributed by atoms with Gasteiger partial charge in [0.15, 0.2) is 0 Å². The summed E-state index contributed by atoms with van der Waals surface area (Å²) in [5.41, 5.74) is 1.92. The third-order valence-electron chi connectivity index (χ3n) is 4.68. The average Bonchev–Trinajstić information content (AvgIpc) is 3.26. The van der Waals surface area contributed by atoms with E-state index in [9.17, 15) is 4.79 Å². The third kappa shape index (κ3) is 5.31. The minimum atomic E-state index is -0.252. The van der Waals surface area contributed by atoms with Crippen molar-refractivity contribution in [2.75, 3.05) is 14.2 Å². The van der Waals surface area contributed by atoms with Crippen molar-refractivity contribution in [2.45, 2.75) is 26.1 Å². The highest BCUT2D eigenvalue weighted by molar-refractivity contribution is 5.75. The van der Waals surface area contributed by atoms with Crippen LogP contribution in [0, 0.1) is 0 Å².